The third-order valence-electron chi connectivity index (χ3n) is 5.63. The Bertz CT molecular complexity index is 660. The largest absolute Gasteiger partial charge is 0.299 e. The number of tetrazole rings is 1. The molecule has 3 rings (SSSR count). The zero-order valence-corrected chi connectivity index (χ0v) is 15.9. The van der Waals surface area contributed by atoms with Crippen molar-refractivity contribution in [2.75, 3.05) is 26.7 Å². The monoisotopic (exact) mass is 342 g/mol. The van der Waals surface area contributed by atoms with Crippen molar-refractivity contribution in [3.05, 3.63) is 41.7 Å². The highest BCUT2D eigenvalue weighted by atomic mass is 15.5. The molecular weight excluding hydrogens is 312 g/mol. The molecule has 136 valence electrons. The van der Waals surface area contributed by atoms with Crippen molar-refractivity contribution in [3.8, 4) is 0 Å². The lowest BCUT2D eigenvalue weighted by Crippen LogP contribution is -2.44. The Morgan fingerprint density at radius 3 is 2.48 bits per heavy atom. The van der Waals surface area contributed by atoms with Gasteiger partial charge in [-0.25, -0.2) is 4.68 Å². The van der Waals surface area contributed by atoms with Crippen molar-refractivity contribution in [2.45, 2.75) is 39.3 Å². The van der Waals surface area contributed by atoms with E-state index in [1.807, 2.05) is 7.05 Å². The summed E-state index contributed by atoms with van der Waals surface area (Å²) in [4.78, 5) is 4.96. The van der Waals surface area contributed by atoms with Crippen LogP contribution in [0.1, 0.15) is 44.1 Å². The predicted molar refractivity (Wildman–Crippen MR) is 98.9 cm³/mol. The summed E-state index contributed by atoms with van der Waals surface area (Å²) in [5.41, 5.74) is 1.76. The fourth-order valence-corrected chi connectivity index (χ4v) is 3.78. The molecule has 2 aromatic rings. The van der Waals surface area contributed by atoms with Crippen molar-refractivity contribution in [3.63, 3.8) is 0 Å². The minimum absolute atomic E-state index is 0.221. The van der Waals surface area contributed by atoms with Gasteiger partial charge in [-0.2, -0.15) is 0 Å². The lowest BCUT2D eigenvalue weighted by Gasteiger charge is -2.42. The topological polar surface area (TPSA) is 50.1 Å². The van der Waals surface area contributed by atoms with Crippen LogP contribution in [0.3, 0.4) is 0 Å². The van der Waals surface area contributed by atoms with Crippen LogP contribution in [0.2, 0.25) is 0 Å². The van der Waals surface area contributed by atoms with Gasteiger partial charge in [0, 0.05) is 20.1 Å². The highest BCUT2D eigenvalue weighted by molar-refractivity contribution is 5.14. The normalized spacial score (nSPS) is 19.2. The molecule has 1 aromatic heterocycles. The summed E-state index contributed by atoms with van der Waals surface area (Å²) in [6.45, 7) is 9.07. The molecule has 0 unspecified atom stereocenters. The maximum Gasteiger partial charge on any atom is 0.167 e. The Balaban J connectivity index is 1.53. The number of benzene rings is 1. The van der Waals surface area contributed by atoms with Crippen LogP contribution in [0.5, 0.6) is 0 Å². The van der Waals surface area contributed by atoms with Gasteiger partial charge in [-0.1, -0.05) is 37.3 Å². The van der Waals surface area contributed by atoms with Gasteiger partial charge < -0.3 is 0 Å². The van der Waals surface area contributed by atoms with Gasteiger partial charge in [0.15, 0.2) is 5.82 Å². The molecule has 6 heteroatoms. The standard InChI is InChI=1S/C19H30N6/c1-16(18-20-21-22-24(18)4)23(3)15-19(2)10-12-25(13-11-19)14-17-8-6-5-7-9-17/h5-9,16H,10-15H2,1-4H3/t16-/m1/s1. The number of aromatic nitrogens is 4. The molecule has 1 atom stereocenters. The van der Waals surface area contributed by atoms with E-state index in [1.54, 1.807) is 4.68 Å². The first-order valence-corrected chi connectivity index (χ1v) is 9.16. The summed E-state index contributed by atoms with van der Waals surface area (Å²) in [7, 11) is 4.09. The van der Waals surface area contributed by atoms with Crippen LogP contribution in [0.4, 0.5) is 0 Å². The minimum atomic E-state index is 0.221. The van der Waals surface area contributed by atoms with Gasteiger partial charge in [0.2, 0.25) is 0 Å². The molecule has 1 fully saturated rings. The number of rotatable bonds is 6. The summed E-state index contributed by atoms with van der Waals surface area (Å²) >= 11 is 0. The molecule has 25 heavy (non-hydrogen) atoms. The molecule has 1 aliphatic heterocycles. The number of nitrogens with zero attached hydrogens (tertiary/aromatic N) is 6. The van der Waals surface area contributed by atoms with Crippen molar-refractivity contribution in [2.24, 2.45) is 12.5 Å². The number of aryl methyl sites for hydroxylation is 1. The molecule has 0 bridgehead atoms. The van der Waals surface area contributed by atoms with Crippen molar-refractivity contribution in [1.29, 1.82) is 0 Å². The van der Waals surface area contributed by atoms with E-state index in [4.69, 9.17) is 0 Å². The van der Waals surface area contributed by atoms with Crippen LogP contribution in [-0.4, -0.2) is 56.7 Å². The number of piperidine rings is 1. The molecule has 1 saturated heterocycles. The molecule has 6 nitrogen and oxygen atoms in total. The number of likely N-dealkylation sites (tertiary alicyclic amines) is 1. The SMILES string of the molecule is C[C@H](c1nnnn1C)N(C)CC1(C)CCN(Cc2ccccc2)CC1. The second kappa shape index (κ2) is 7.62. The summed E-state index contributed by atoms with van der Waals surface area (Å²) in [6, 6.07) is 11.0. The molecule has 0 amide bonds. The van der Waals surface area contributed by atoms with Crippen molar-refractivity contribution in [1.82, 2.24) is 30.0 Å². The highest BCUT2D eigenvalue weighted by Crippen LogP contribution is 2.34. The average molecular weight is 342 g/mol. The second-order valence-electron chi connectivity index (χ2n) is 7.82. The lowest BCUT2D eigenvalue weighted by molar-refractivity contribution is 0.0665. The summed E-state index contributed by atoms with van der Waals surface area (Å²) < 4.78 is 1.77. The Kier molecular flexibility index (Phi) is 5.49. The minimum Gasteiger partial charge on any atom is -0.299 e. The van der Waals surface area contributed by atoms with Gasteiger partial charge >= 0.3 is 0 Å². The molecule has 0 spiro atoms. The Morgan fingerprint density at radius 1 is 1.20 bits per heavy atom. The molecule has 2 heterocycles. The Morgan fingerprint density at radius 2 is 1.88 bits per heavy atom. The number of hydrogen-bond acceptors (Lipinski definition) is 5. The van der Waals surface area contributed by atoms with Crippen LogP contribution in [-0.2, 0) is 13.6 Å². The van der Waals surface area contributed by atoms with Crippen LogP contribution < -0.4 is 0 Å². The van der Waals surface area contributed by atoms with Crippen molar-refractivity contribution < 1.29 is 0 Å². The predicted octanol–water partition coefficient (Wildman–Crippen LogP) is 2.51. The van der Waals surface area contributed by atoms with Gasteiger partial charge in [-0.05, 0) is 61.3 Å². The summed E-state index contributed by atoms with van der Waals surface area (Å²) in [5, 5.41) is 11.9. The smallest absolute Gasteiger partial charge is 0.167 e. The fraction of sp³-hybridized carbons (Fsp3) is 0.632. The van der Waals surface area contributed by atoms with Gasteiger partial charge in [0.05, 0.1) is 6.04 Å². The molecule has 0 saturated carbocycles. The first-order chi connectivity index (χ1) is 12.0. The first-order valence-electron chi connectivity index (χ1n) is 9.16. The Labute approximate surface area is 150 Å². The van der Waals surface area contributed by atoms with E-state index < -0.39 is 0 Å². The molecule has 0 radical (unpaired) electrons. The quantitative estimate of drug-likeness (QED) is 0.807. The molecular formula is C19H30N6. The molecule has 1 aliphatic rings. The van der Waals surface area contributed by atoms with Gasteiger partial charge in [0.25, 0.3) is 0 Å². The lowest BCUT2D eigenvalue weighted by atomic mass is 9.79. The van der Waals surface area contributed by atoms with E-state index in [1.165, 1.54) is 31.5 Å². The number of hydrogen-bond donors (Lipinski definition) is 0. The maximum absolute atomic E-state index is 4.16. The summed E-state index contributed by atoms with van der Waals surface area (Å²) in [6.07, 6.45) is 2.46. The third kappa shape index (κ3) is 4.44. The van der Waals surface area contributed by atoms with Gasteiger partial charge in [-0.15, -0.1) is 5.10 Å². The van der Waals surface area contributed by atoms with E-state index >= 15 is 0 Å². The van der Waals surface area contributed by atoms with E-state index in [2.05, 4.69) is 76.6 Å². The van der Waals surface area contributed by atoms with Crippen molar-refractivity contribution >= 4 is 0 Å². The van der Waals surface area contributed by atoms with Crippen LogP contribution in [0.25, 0.3) is 0 Å². The van der Waals surface area contributed by atoms with Gasteiger partial charge in [0.1, 0.15) is 0 Å². The fourth-order valence-electron chi connectivity index (χ4n) is 3.78. The highest BCUT2D eigenvalue weighted by Gasteiger charge is 2.33. The van der Waals surface area contributed by atoms with E-state index in [-0.39, 0.29) is 6.04 Å². The Hall–Kier alpha value is -1.79. The summed E-state index contributed by atoms with van der Waals surface area (Å²) in [5.74, 6) is 0.924. The molecule has 0 aliphatic carbocycles. The van der Waals surface area contributed by atoms with E-state index in [0.29, 0.717) is 5.41 Å². The first kappa shape index (κ1) is 18.0. The van der Waals surface area contributed by atoms with Crippen LogP contribution in [0.15, 0.2) is 30.3 Å². The maximum atomic E-state index is 4.16. The van der Waals surface area contributed by atoms with E-state index in [0.717, 1.165) is 18.9 Å². The zero-order chi connectivity index (χ0) is 17.9. The van der Waals surface area contributed by atoms with Crippen LogP contribution in [0, 0.1) is 5.41 Å². The van der Waals surface area contributed by atoms with Crippen LogP contribution >= 0.6 is 0 Å². The van der Waals surface area contributed by atoms with Gasteiger partial charge in [-0.3, -0.25) is 9.80 Å². The second-order valence-corrected chi connectivity index (χ2v) is 7.82. The molecule has 0 N–H and O–H groups in total. The third-order valence-corrected chi connectivity index (χ3v) is 5.63. The average Bonchev–Trinajstić information content (AvgIpc) is 3.03. The zero-order valence-electron chi connectivity index (χ0n) is 15.9. The molecule has 1 aromatic carbocycles. The van der Waals surface area contributed by atoms with E-state index in [9.17, 15) is 0 Å².